The zero-order chi connectivity index (χ0) is 13.8. The van der Waals surface area contributed by atoms with Crippen LogP contribution in [0.4, 0.5) is 0 Å². The molecule has 0 aromatic rings. The van der Waals surface area contributed by atoms with Gasteiger partial charge in [0.25, 0.3) is 0 Å². The van der Waals surface area contributed by atoms with Crippen LogP contribution in [0.3, 0.4) is 0 Å². The molecule has 0 aromatic carbocycles. The highest BCUT2D eigenvalue weighted by molar-refractivity contribution is 5.84. The van der Waals surface area contributed by atoms with Crippen molar-refractivity contribution in [3.63, 3.8) is 0 Å². The SMILES string of the molecule is CCNC(=O)C1(CN=C(N)NC(C)(C)C)CCC1. The Kier molecular flexibility index (Phi) is 4.59. The smallest absolute Gasteiger partial charge is 0.228 e. The van der Waals surface area contributed by atoms with Gasteiger partial charge in [0, 0.05) is 12.1 Å². The van der Waals surface area contributed by atoms with Gasteiger partial charge in [-0.3, -0.25) is 9.79 Å². The number of nitrogens with zero attached hydrogens (tertiary/aromatic N) is 1. The molecule has 0 saturated heterocycles. The maximum Gasteiger partial charge on any atom is 0.228 e. The van der Waals surface area contributed by atoms with E-state index in [9.17, 15) is 4.79 Å². The number of hydrogen-bond donors (Lipinski definition) is 3. The van der Waals surface area contributed by atoms with Gasteiger partial charge in [-0.05, 0) is 40.5 Å². The summed E-state index contributed by atoms with van der Waals surface area (Å²) in [5.41, 5.74) is 5.40. The fourth-order valence-corrected chi connectivity index (χ4v) is 2.07. The summed E-state index contributed by atoms with van der Waals surface area (Å²) < 4.78 is 0. The van der Waals surface area contributed by atoms with Gasteiger partial charge in [-0.15, -0.1) is 0 Å². The van der Waals surface area contributed by atoms with Crippen LogP contribution >= 0.6 is 0 Å². The van der Waals surface area contributed by atoms with E-state index in [4.69, 9.17) is 5.73 Å². The maximum atomic E-state index is 12.0. The van der Waals surface area contributed by atoms with Gasteiger partial charge in [0.05, 0.1) is 12.0 Å². The quantitative estimate of drug-likeness (QED) is 0.517. The maximum absolute atomic E-state index is 12.0. The van der Waals surface area contributed by atoms with Crippen molar-refractivity contribution in [3.8, 4) is 0 Å². The van der Waals surface area contributed by atoms with Crippen LogP contribution in [-0.4, -0.2) is 30.5 Å². The van der Waals surface area contributed by atoms with Crippen molar-refractivity contribution in [2.45, 2.75) is 52.5 Å². The minimum Gasteiger partial charge on any atom is -0.370 e. The molecule has 0 radical (unpaired) electrons. The van der Waals surface area contributed by atoms with Gasteiger partial charge in [0.2, 0.25) is 5.91 Å². The van der Waals surface area contributed by atoms with Crippen LogP contribution in [0, 0.1) is 5.41 Å². The Labute approximate surface area is 110 Å². The second kappa shape index (κ2) is 5.59. The first-order valence-electron chi connectivity index (χ1n) is 6.65. The predicted octanol–water partition coefficient (Wildman–Crippen LogP) is 0.996. The Bertz CT molecular complexity index is 326. The van der Waals surface area contributed by atoms with Gasteiger partial charge in [-0.2, -0.15) is 0 Å². The number of nitrogens with two attached hydrogens (primary N) is 1. The lowest BCUT2D eigenvalue weighted by molar-refractivity contribution is -0.135. The molecule has 1 fully saturated rings. The lowest BCUT2D eigenvalue weighted by Gasteiger charge is -2.39. The third-order valence-electron chi connectivity index (χ3n) is 3.18. The van der Waals surface area contributed by atoms with Gasteiger partial charge in [-0.25, -0.2) is 0 Å². The Balaban J connectivity index is 2.59. The first kappa shape index (κ1) is 14.8. The molecule has 0 atom stereocenters. The molecular formula is C13H26N4O. The summed E-state index contributed by atoms with van der Waals surface area (Å²) in [5, 5.41) is 6.00. The van der Waals surface area contributed by atoms with Crippen LogP contribution in [0.1, 0.15) is 47.0 Å². The van der Waals surface area contributed by atoms with E-state index in [1.165, 1.54) is 0 Å². The molecule has 0 aromatic heterocycles. The summed E-state index contributed by atoms with van der Waals surface area (Å²) in [6, 6.07) is 0. The third kappa shape index (κ3) is 3.89. The molecule has 4 N–H and O–H groups in total. The van der Waals surface area contributed by atoms with E-state index in [0.717, 1.165) is 19.3 Å². The van der Waals surface area contributed by atoms with Crippen LogP contribution in [0.5, 0.6) is 0 Å². The lowest BCUT2D eigenvalue weighted by Crippen LogP contribution is -2.49. The minimum absolute atomic E-state index is 0.105. The van der Waals surface area contributed by atoms with E-state index in [-0.39, 0.29) is 16.9 Å². The number of rotatable bonds is 4. The Morgan fingerprint density at radius 1 is 1.39 bits per heavy atom. The average Bonchev–Trinajstić information content (AvgIpc) is 2.13. The predicted molar refractivity (Wildman–Crippen MR) is 74.3 cm³/mol. The van der Waals surface area contributed by atoms with Crippen molar-refractivity contribution >= 4 is 11.9 Å². The monoisotopic (exact) mass is 254 g/mol. The summed E-state index contributed by atoms with van der Waals surface area (Å²) in [4.78, 5) is 16.3. The van der Waals surface area contributed by atoms with Crippen molar-refractivity contribution in [2.75, 3.05) is 13.1 Å². The zero-order valence-corrected chi connectivity index (χ0v) is 12.0. The molecule has 0 unspecified atom stereocenters. The standard InChI is InChI=1S/C13H26N4O/c1-5-15-10(18)13(7-6-8-13)9-16-11(14)17-12(2,3)4/h5-9H2,1-4H3,(H,15,18)(H3,14,16,17). The molecular weight excluding hydrogens is 228 g/mol. The van der Waals surface area contributed by atoms with Crippen LogP contribution < -0.4 is 16.4 Å². The van der Waals surface area contributed by atoms with Gasteiger partial charge in [-0.1, -0.05) is 6.42 Å². The Hall–Kier alpha value is -1.26. The number of carbonyl (C=O) groups excluding carboxylic acids is 1. The highest BCUT2D eigenvalue weighted by Crippen LogP contribution is 2.41. The summed E-state index contributed by atoms with van der Waals surface area (Å²) in [6.07, 6.45) is 2.91. The van der Waals surface area contributed by atoms with E-state index < -0.39 is 0 Å². The summed E-state index contributed by atoms with van der Waals surface area (Å²) in [7, 11) is 0. The number of amides is 1. The van der Waals surface area contributed by atoms with Crippen LogP contribution in [0.15, 0.2) is 4.99 Å². The molecule has 1 aliphatic rings. The third-order valence-corrected chi connectivity index (χ3v) is 3.18. The number of aliphatic imine (C=N–C) groups is 1. The first-order chi connectivity index (χ1) is 8.29. The number of guanidine groups is 1. The van der Waals surface area contributed by atoms with E-state index in [1.54, 1.807) is 0 Å². The van der Waals surface area contributed by atoms with Gasteiger partial charge in [0.15, 0.2) is 5.96 Å². The van der Waals surface area contributed by atoms with Crippen molar-refractivity contribution in [1.82, 2.24) is 10.6 Å². The number of carbonyl (C=O) groups is 1. The van der Waals surface area contributed by atoms with Gasteiger partial charge in [0.1, 0.15) is 0 Å². The molecule has 5 heteroatoms. The van der Waals surface area contributed by atoms with Gasteiger partial charge < -0.3 is 16.4 Å². The second-order valence-corrected chi connectivity index (χ2v) is 6.07. The van der Waals surface area contributed by atoms with Crippen LogP contribution in [0.2, 0.25) is 0 Å². The Morgan fingerprint density at radius 2 is 2.00 bits per heavy atom. The molecule has 1 rings (SSSR count). The molecule has 0 bridgehead atoms. The highest BCUT2D eigenvalue weighted by Gasteiger charge is 2.43. The van der Waals surface area contributed by atoms with Crippen molar-refractivity contribution < 1.29 is 4.79 Å². The molecule has 0 aliphatic heterocycles. The molecule has 1 amide bonds. The van der Waals surface area contributed by atoms with Crippen molar-refractivity contribution in [2.24, 2.45) is 16.1 Å². The summed E-state index contributed by atoms with van der Waals surface area (Å²) >= 11 is 0. The van der Waals surface area contributed by atoms with Crippen molar-refractivity contribution in [3.05, 3.63) is 0 Å². The first-order valence-corrected chi connectivity index (χ1v) is 6.65. The fraction of sp³-hybridized carbons (Fsp3) is 0.846. The minimum atomic E-state index is -0.319. The fourth-order valence-electron chi connectivity index (χ4n) is 2.07. The second-order valence-electron chi connectivity index (χ2n) is 6.07. The van der Waals surface area contributed by atoms with Crippen LogP contribution in [0.25, 0.3) is 0 Å². The van der Waals surface area contributed by atoms with Gasteiger partial charge >= 0.3 is 0 Å². The van der Waals surface area contributed by atoms with E-state index in [2.05, 4.69) is 15.6 Å². The van der Waals surface area contributed by atoms with E-state index in [0.29, 0.717) is 19.0 Å². The molecule has 1 aliphatic carbocycles. The zero-order valence-electron chi connectivity index (χ0n) is 12.0. The normalized spacial score (nSPS) is 19.0. The number of nitrogens with one attached hydrogen (secondary N) is 2. The molecule has 18 heavy (non-hydrogen) atoms. The molecule has 5 nitrogen and oxygen atoms in total. The Morgan fingerprint density at radius 3 is 2.39 bits per heavy atom. The lowest BCUT2D eigenvalue weighted by atomic mass is 9.68. The van der Waals surface area contributed by atoms with E-state index >= 15 is 0 Å². The summed E-state index contributed by atoms with van der Waals surface area (Å²) in [5.74, 6) is 0.529. The summed E-state index contributed by atoms with van der Waals surface area (Å²) in [6.45, 7) is 9.16. The average molecular weight is 254 g/mol. The molecule has 1 saturated carbocycles. The molecule has 104 valence electrons. The molecule has 0 heterocycles. The van der Waals surface area contributed by atoms with Crippen molar-refractivity contribution in [1.29, 1.82) is 0 Å². The topological polar surface area (TPSA) is 79.5 Å². The van der Waals surface area contributed by atoms with E-state index in [1.807, 2.05) is 27.7 Å². The highest BCUT2D eigenvalue weighted by atomic mass is 16.2. The molecule has 0 spiro atoms. The number of hydrogen-bond acceptors (Lipinski definition) is 2. The largest absolute Gasteiger partial charge is 0.370 e. The van der Waals surface area contributed by atoms with Crippen LogP contribution in [-0.2, 0) is 4.79 Å².